The third kappa shape index (κ3) is 5.35. The van der Waals surface area contributed by atoms with E-state index in [1.165, 1.54) is 5.69 Å². The maximum Gasteiger partial charge on any atom is 0.246 e. The molecule has 0 saturated carbocycles. The standard InChI is InChI=1S/C30H30N4O3/c1-36-27-15-13-23(21-28(27)37-2)30-24(22-34(31-30)26-11-7-4-8-12-26)14-16-29(35)33-19-17-32(18-20-33)25-9-5-3-6-10-25/h3-16,21-22H,17-20H2,1-2H3/b16-14+. The molecule has 0 N–H and O–H groups in total. The molecule has 1 aliphatic rings. The first-order valence-electron chi connectivity index (χ1n) is 12.3. The Bertz CT molecular complexity index is 1370. The van der Waals surface area contributed by atoms with E-state index >= 15 is 0 Å². The molecule has 0 atom stereocenters. The third-order valence-corrected chi connectivity index (χ3v) is 6.54. The summed E-state index contributed by atoms with van der Waals surface area (Å²) in [5.74, 6) is 1.27. The van der Waals surface area contributed by atoms with Gasteiger partial charge in [0.05, 0.1) is 19.9 Å². The fourth-order valence-corrected chi connectivity index (χ4v) is 4.52. The summed E-state index contributed by atoms with van der Waals surface area (Å²) in [6.45, 7) is 2.99. The number of piperazine rings is 1. The molecule has 3 aromatic carbocycles. The van der Waals surface area contributed by atoms with Gasteiger partial charge in [-0.05, 0) is 48.5 Å². The number of methoxy groups -OCH3 is 2. The predicted molar refractivity (Wildman–Crippen MR) is 146 cm³/mol. The van der Waals surface area contributed by atoms with Crippen molar-refractivity contribution >= 4 is 17.7 Å². The third-order valence-electron chi connectivity index (χ3n) is 6.54. The molecule has 1 aliphatic heterocycles. The number of benzene rings is 3. The molecule has 5 rings (SSSR count). The summed E-state index contributed by atoms with van der Waals surface area (Å²) < 4.78 is 12.7. The smallest absolute Gasteiger partial charge is 0.246 e. The average molecular weight is 495 g/mol. The van der Waals surface area contributed by atoms with Crippen molar-refractivity contribution in [2.45, 2.75) is 0 Å². The van der Waals surface area contributed by atoms with Crippen molar-refractivity contribution in [1.29, 1.82) is 0 Å². The Morgan fingerprint density at radius 1 is 0.811 bits per heavy atom. The maximum absolute atomic E-state index is 13.1. The molecule has 0 unspecified atom stereocenters. The number of anilines is 1. The highest BCUT2D eigenvalue weighted by Gasteiger charge is 2.20. The van der Waals surface area contributed by atoms with E-state index in [0.29, 0.717) is 24.6 Å². The fourth-order valence-electron chi connectivity index (χ4n) is 4.52. The molecule has 7 nitrogen and oxygen atoms in total. The summed E-state index contributed by atoms with van der Waals surface area (Å²) in [4.78, 5) is 17.3. The van der Waals surface area contributed by atoms with E-state index < -0.39 is 0 Å². The lowest BCUT2D eigenvalue weighted by Gasteiger charge is -2.35. The monoisotopic (exact) mass is 494 g/mol. The van der Waals surface area contributed by atoms with Gasteiger partial charge in [-0.25, -0.2) is 4.68 Å². The summed E-state index contributed by atoms with van der Waals surface area (Å²) in [5.41, 5.74) is 4.59. The predicted octanol–water partition coefficient (Wildman–Crippen LogP) is 4.92. The normalized spacial score (nSPS) is 13.7. The Balaban J connectivity index is 1.38. The van der Waals surface area contributed by atoms with Crippen molar-refractivity contribution in [2.75, 3.05) is 45.3 Å². The van der Waals surface area contributed by atoms with Crippen LogP contribution in [0, 0.1) is 0 Å². The Hall–Kier alpha value is -4.52. The zero-order valence-electron chi connectivity index (χ0n) is 21.1. The van der Waals surface area contributed by atoms with Crippen molar-refractivity contribution in [3.63, 3.8) is 0 Å². The Morgan fingerprint density at radius 3 is 2.11 bits per heavy atom. The van der Waals surface area contributed by atoms with Gasteiger partial charge in [-0.15, -0.1) is 0 Å². The van der Waals surface area contributed by atoms with Gasteiger partial charge in [0.1, 0.15) is 5.69 Å². The molecule has 1 saturated heterocycles. The Morgan fingerprint density at radius 2 is 1.46 bits per heavy atom. The number of hydrogen-bond acceptors (Lipinski definition) is 5. The number of para-hydroxylation sites is 2. The van der Waals surface area contributed by atoms with Crippen LogP contribution in [0.3, 0.4) is 0 Å². The highest BCUT2D eigenvalue weighted by atomic mass is 16.5. The van der Waals surface area contributed by atoms with E-state index in [0.717, 1.165) is 35.6 Å². The van der Waals surface area contributed by atoms with Crippen LogP contribution in [0.5, 0.6) is 11.5 Å². The number of rotatable bonds is 7. The lowest BCUT2D eigenvalue weighted by Crippen LogP contribution is -2.48. The number of aromatic nitrogens is 2. The number of hydrogen-bond donors (Lipinski definition) is 0. The Kier molecular flexibility index (Phi) is 7.21. The van der Waals surface area contributed by atoms with Gasteiger partial charge in [-0.3, -0.25) is 4.79 Å². The molecule has 0 aliphatic carbocycles. The Labute approximate surface area is 217 Å². The summed E-state index contributed by atoms with van der Waals surface area (Å²) in [5, 5.41) is 4.85. The number of amides is 1. The lowest BCUT2D eigenvalue weighted by atomic mass is 10.1. The van der Waals surface area contributed by atoms with E-state index in [9.17, 15) is 4.79 Å². The van der Waals surface area contributed by atoms with Crippen molar-refractivity contribution in [3.05, 3.63) is 96.7 Å². The zero-order chi connectivity index (χ0) is 25.6. The molecule has 0 spiro atoms. The number of carbonyl (C=O) groups excluding carboxylic acids is 1. The first-order chi connectivity index (χ1) is 18.2. The molecule has 37 heavy (non-hydrogen) atoms. The van der Waals surface area contributed by atoms with E-state index in [1.54, 1.807) is 20.3 Å². The van der Waals surface area contributed by atoms with Crippen LogP contribution in [-0.4, -0.2) is 61.0 Å². The SMILES string of the molecule is COc1ccc(-c2nn(-c3ccccc3)cc2/C=C/C(=O)N2CCN(c3ccccc3)CC2)cc1OC. The van der Waals surface area contributed by atoms with Crippen LogP contribution in [0.1, 0.15) is 5.56 Å². The molecule has 188 valence electrons. The number of carbonyl (C=O) groups is 1. The van der Waals surface area contributed by atoms with Crippen LogP contribution in [0.25, 0.3) is 23.0 Å². The lowest BCUT2D eigenvalue weighted by molar-refractivity contribution is -0.126. The first kappa shape index (κ1) is 24.2. The second-order valence-corrected chi connectivity index (χ2v) is 8.76. The van der Waals surface area contributed by atoms with Crippen LogP contribution in [0.2, 0.25) is 0 Å². The van der Waals surface area contributed by atoms with Crippen LogP contribution in [-0.2, 0) is 4.79 Å². The molecule has 2 heterocycles. The van der Waals surface area contributed by atoms with Crippen LogP contribution in [0.15, 0.2) is 91.1 Å². The molecular weight excluding hydrogens is 464 g/mol. The van der Waals surface area contributed by atoms with Gasteiger partial charge in [-0.1, -0.05) is 36.4 Å². The molecule has 1 fully saturated rings. The summed E-state index contributed by atoms with van der Waals surface area (Å²) in [6.07, 6.45) is 5.44. The fraction of sp³-hybridized carbons (Fsp3) is 0.200. The molecule has 7 heteroatoms. The summed E-state index contributed by atoms with van der Waals surface area (Å²) >= 11 is 0. The zero-order valence-corrected chi connectivity index (χ0v) is 21.1. The largest absolute Gasteiger partial charge is 0.493 e. The van der Waals surface area contributed by atoms with Gasteiger partial charge in [0, 0.05) is 55.3 Å². The highest BCUT2D eigenvalue weighted by Crippen LogP contribution is 2.34. The average Bonchev–Trinajstić information content (AvgIpc) is 3.41. The van der Waals surface area contributed by atoms with E-state index in [1.807, 2.05) is 88.6 Å². The quantitative estimate of drug-likeness (QED) is 0.342. The van der Waals surface area contributed by atoms with Gasteiger partial charge in [-0.2, -0.15) is 5.10 Å². The van der Waals surface area contributed by atoms with Gasteiger partial charge in [0.25, 0.3) is 0 Å². The first-order valence-corrected chi connectivity index (χ1v) is 12.3. The van der Waals surface area contributed by atoms with E-state index in [2.05, 4.69) is 17.0 Å². The van der Waals surface area contributed by atoms with E-state index in [-0.39, 0.29) is 5.91 Å². The van der Waals surface area contributed by atoms with Crippen LogP contribution in [0.4, 0.5) is 5.69 Å². The highest BCUT2D eigenvalue weighted by molar-refractivity contribution is 5.93. The molecule has 0 radical (unpaired) electrons. The van der Waals surface area contributed by atoms with Gasteiger partial charge >= 0.3 is 0 Å². The summed E-state index contributed by atoms with van der Waals surface area (Å²) in [6, 6.07) is 25.9. The van der Waals surface area contributed by atoms with Gasteiger partial charge < -0.3 is 19.3 Å². The van der Waals surface area contributed by atoms with Crippen molar-refractivity contribution in [2.24, 2.45) is 0 Å². The molecular formula is C30H30N4O3. The van der Waals surface area contributed by atoms with Crippen molar-refractivity contribution in [1.82, 2.24) is 14.7 Å². The molecule has 4 aromatic rings. The van der Waals surface area contributed by atoms with E-state index in [4.69, 9.17) is 14.6 Å². The molecule has 0 bridgehead atoms. The molecule has 1 aromatic heterocycles. The van der Waals surface area contributed by atoms with Crippen LogP contribution < -0.4 is 14.4 Å². The minimum absolute atomic E-state index is 0.00145. The minimum Gasteiger partial charge on any atom is -0.493 e. The topological polar surface area (TPSA) is 59.8 Å². The second kappa shape index (κ2) is 11.0. The number of ether oxygens (including phenoxy) is 2. The number of nitrogens with zero attached hydrogens (tertiary/aromatic N) is 4. The minimum atomic E-state index is -0.00145. The second-order valence-electron chi connectivity index (χ2n) is 8.76. The van der Waals surface area contributed by atoms with Gasteiger partial charge in [0.15, 0.2) is 11.5 Å². The maximum atomic E-state index is 13.1. The molecule has 1 amide bonds. The van der Waals surface area contributed by atoms with Crippen LogP contribution >= 0.6 is 0 Å². The van der Waals surface area contributed by atoms with Crippen molar-refractivity contribution in [3.8, 4) is 28.4 Å². The van der Waals surface area contributed by atoms with Gasteiger partial charge in [0.2, 0.25) is 5.91 Å². The summed E-state index contributed by atoms with van der Waals surface area (Å²) in [7, 11) is 3.22. The van der Waals surface area contributed by atoms with Crippen molar-refractivity contribution < 1.29 is 14.3 Å².